The van der Waals surface area contributed by atoms with Gasteiger partial charge >= 0.3 is 0 Å². The number of furan rings is 1. The van der Waals surface area contributed by atoms with Gasteiger partial charge in [-0.05, 0) is 141 Å². The third-order valence-corrected chi connectivity index (χ3v) is 14.4. The van der Waals surface area contributed by atoms with Crippen LogP contribution in [0.1, 0.15) is 49.9 Å². The fourth-order valence-corrected chi connectivity index (χ4v) is 11.4. The molecule has 0 unspecified atom stereocenters. The monoisotopic (exact) mass is 778 g/mol. The summed E-state index contributed by atoms with van der Waals surface area (Å²) in [6.07, 6.45) is 0. The van der Waals surface area contributed by atoms with Crippen molar-refractivity contribution < 1.29 is 4.42 Å². The molecule has 0 saturated carbocycles. The molecule has 0 amide bonds. The van der Waals surface area contributed by atoms with E-state index in [2.05, 4.69) is 210 Å². The van der Waals surface area contributed by atoms with Crippen LogP contribution in [0.25, 0.3) is 110 Å². The van der Waals surface area contributed by atoms with E-state index < -0.39 is 0 Å². The number of benzene rings is 10. The predicted molar refractivity (Wildman–Crippen MR) is 258 cm³/mol. The van der Waals surface area contributed by atoms with Crippen LogP contribution in [0.4, 0.5) is 0 Å². The molecule has 1 aromatic heterocycles. The van der Waals surface area contributed by atoms with Gasteiger partial charge in [0.25, 0.3) is 0 Å². The second-order valence-corrected chi connectivity index (χ2v) is 18.4. The molecular weight excluding hydrogens is 737 g/mol. The largest absolute Gasteiger partial charge is 0.455 e. The minimum absolute atomic E-state index is 0.184. The normalized spacial score (nSPS) is 14.5. The maximum Gasteiger partial charge on any atom is 0.144 e. The lowest BCUT2D eigenvalue weighted by molar-refractivity contribution is 0.654. The van der Waals surface area contributed by atoms with Crippen molar-refractivity contribution >= 4 is 54.3 Å². The zero-order valence-corrected chi connectivity index (χ0v) is 34.7. The third-order valence-electron chi connectivity index (χ3n) is 14.4. The molecule has 0 N–H and O–H groups in total. The lowest BCUT2D eigenvalue weighted by Crippen LogP contribution is -2.15. The summed E-state index contributed by atoms with van der Waals surface area (Å²) in [5, 5.41) is 10.00. The molecule has 0 fully saturated rings. The summed E-state index contributed by atoms with van der Waals surface area (Å²) in [7, 11) is 0. The zero-order valence-electron chi connectivity index (χ0n) is 34.7. The van der Waals surface area contributed by atoms with Gasteiger partial charge in [-0.1, -0.05) is 173 Å². The number of hydrogen-bond donors (Lipinski definition) is 0. The summed E-state index contributed by atoms with van der Waals surface area (Å²) >= 11 is 0. The van der Waals surface area contributed by atoms with Crippen molar-refractivity contribution in [3.05, 3.63) is 204 Å². The fourth-order valence-electron chi connectivity index (χ4n) is 11.4. The van der Waals surface area contributed by atoms with Gasteiger partial charge in [0.15, 0.2) is 0 Å². The number of fused-ring (bicyclic) bond motifs is 13. The Bertz CT molecular complexity index is 3630. The SMILES string of the molecule is CC1(C)c2ccc(-c3cc4c(c5oc6ccccc6c35)-c3cc5ccccc5cc3C4(C)C)cc2-c2ccc(-c3c4ccccc4c(-c4ccccc4)c4ccccc34)cc21. The van der Waals surface area contributed by atoms with Crippen LogP contribution in [-0.4, -0.2) is 0 Å². The summed E-state index contributed by atoms with van der Waals surface area (Å²) in [6.45, 7) is 9.56. The molecule has 0 radical (unpaired) electrons. The Kier molecular flexibility index (Phi) is 6.91. The molecule has 61 heavy (non-hydrogen) atoms. The first-order valence-corrected chi connectivity index (χ1v) is 21.6. The van der Waals surface area contributed by atoms with Crippen molar-refractivity contribution in [1.82, 2.24) is 0 Å². The summed E-state index contributed by atoms with van der Waals surface area (Å²) < 4.78 is 6.95. The molecule has 11 aromatic rings. The molecule has 0 bridgehead atoms. The predicted octanol–water partition coefficient (Wildman–Crippen LogP) is 16.7. The van der Waals surface area contributed by atoms with E-state index in [1.54, 1.807) is 0 Å². The zero-order chi connectivity index (χ0) is 40.8. The molecule has 0 aliphatic heterocycles. The van der Waals surface area contributed by atoms with Gasteiger partial charge in [-0.3, -0.25) is 0 Å². The molecule has 1 heteroatoms. The molecule has 1 heterocycles. The Morgan fingerprint density at radius 1 is 0.328 bits per heavy atom. The van der Waals surface area contributed by atoms with E-state index in [4.69, 9.17) is 4.42 Å². The van der Waals surface area contributed by atoms with Crippen LogP contribution in [-0.2, 0) is 10.8 Å². The standard InChI is InChI=1S/C60H42O/c1-59(2)49-29-27-38(46-34-52-57(58-56(46)45-24-14-15-25-53(45)61-58)48-30-36-18-8-9-19-37(36)32-51(48)60(52,3)4)31-47(49)40-28-26-39(33-50(40)59)55-43-22-12-10-20-41(43)54(35-16-6-5-7-17-35)42-21-11-13-23-44(42)55/h5-34H,1-4H3. The van der Waals surface area contributed by atoms with Gasteiger partial charge < -0.3 is 4.42 Å². The highest BCUT2D eigenvalue weighted by Crippen LogP contribution is 2.57. The van der Waals surface area contributed by atoms with Crippen molar-refractivity contribution in [2.45, 2.75) is 38.5 Å². The molecule has 2 aliphatic carbocycles. The average Bonchev–Trinajstić information content (AvgIpc) is 3.86. The Balaban J connectivity index is 1.02. The van der Waals surface area contributed by atoms with Gasteiger partial charge in [0.1, 0.15) is 11.2 Å². The number of para-hydroxylation sites is 1. The van der Waals surface area contributed by atoms with E-state index in [9.17, 15) is 0 Å². The van der Waals surface area contributed by atoms with E-state index in [0.717, 1.165) is 16.6 Å². The van der Waals surface area contributed by atoms with Crippen molar-refractivity contribution in [3.63, 3.8) is 0 Å². The van der Waals surface area contributed by atoms with Crippen LogP contribution in [0.3, 0.4) is 0 Å². The van der Waals surface area contributed by atoms with Crippen LogP contribution >= 0.6 is 0 Å². The van der Waals surface area contributed by atoms with Crippen molar-refractivity contribution in [3.8, 4) is 55.6 Å². The smallest absolute Gasteiger partial charge is 0.144 e. The minimum atomic E-state index is -0.202. The van der Waals surface area contributed by atoms with Crippen LogP contribution < -0.4 is 0 Å². The lowest BCUT2D eigenvalue weighted by atomic mass is 9.79. The van der Waals surface area contributed by atoms with Gasteiger partial charge in [-0.2, -0.15) is 0 Å². The molecule has 13 rings (SSSR count). The van der Waals surface area contributed by atoms with E-state index >= 15 is 0 Å². The molecule has 0 saturated heterocycles. The lowest BCUT2D eigenvalue weighted by Gasteiger charge is -2.23. The van der Waals surface area contributed by atoms with Gasteiger partial charge in [0.2, 0.25) is 0 Å². The van der Waals surface area contributed by atoms with Crippen molar-refractivity contribution in [2.24, 2.45) is 0 Å². The molecule has 288 valence electrons. The average molecular weight is 779 g/mol. The van der Waals surface area contributed by atoms with Crippen LogP contribution in [0.5, 0.6) is 0 Å². The number of rotatable bonds is 3. The highest BCUT2D eigenvalue weighted by molar-refractivity contribution is 6.22. The Labute approximate surface area is 355 Å². The van der Waals surface area contributed by atoms with E-state index in [0.29, 0.717) is 0 Å². The highest BCUT2D eigenvalue weighted by Gasteiger charge is 2.40. The van der Waals surface area contributed by atoms with Crippen LogP contribution in [0.2, 0.25) is 0 Å². The van der Waals surface area contributed by atoms with Gasteiger partial charge in [-0.15, -0.1) is 0 Å². The highest BCUT2D eigenvalue weighted by atomic mass is 16.3. The van der Waals surface area contributed by atoms with Crippen LogP contribution in [0.15, 0.2) is 186 Å². The first-order valence-electron chi connectivity index (χ1n) is 21.6. The molecular formula is C60H42O. The van der Waals surface area contributed by atoms with Crippen LogP contribution in [0, 0.1) is 0 Å². The maximum absolute atomic E-state index is 6.95. The summed E-state index contributed by atoms with van der Waals surface area (Å²) in [4.78, 5) is 0. The maximum atomic E-state index is 6.95. The molecule has 1 nitrogen and oxygen atoms in total. The fraction of sp³-hybridized carbons (Fsp3) is 0.100. The summed E-state index contributed by atoms with van der Waals surface area (Å²) in [5.41, 5.74) is 19.6. The Hall–Kier alpha value is -7.22. The summed E-state index contributed by atoms with van der Waals surface area (Å²) in [5.74, 6) is 0. The Morgan fingerprint density at radius 2 is 0.885 bits per heavy atom. The van der Waals surface area contributed by atoms with Crippen molar-refractivity contribution in [1.29, 1.82) is 0 Å². The van der Waals surface area contributed by atoms with E-state index in [1.165, 1.54) is 116 Å². The molecule has 10 aromatic carbocycles. The topological polar surface area (TPSA) is 13.1 Å². The molecule has 2 aliphatic rings. The second-order valence-electron chi connectivity index (χ2n) is 18.4. The first kappa shape index (κ1) is 34.6. The minimum Gasteiger partial charge on any atom is -0.455 e. The van der Waals surface area contributed by atoms with Gasteiger partial charge in [0, 0.05) is 27.2 Å². The van der Waals surface area contributed by atoms with Crippen molar-refractivity contribution in [2.75, 3.05) is 0 Å². The number of hydrogen-bond acceptors (Lipinski definition) is 1. The molecule has 0 spiro atoms. The third kappa shape index (κ3) is 4.67. The Morgan fingerprint density at radius 3 is 1.59 bits per heavy atom. The van der Waals surface area contributed by atoms with E-state index in [1.807, 2.05) is 0 Å². The van der Waals surface area contributed by atoms with E-state index in [-0.39, 0.29) is 10.8 Å². The second kappa shape index (κ2) is 12.2. The molecule has 0 atom stereocenters. The van der Waals surface area contributed by atoms with Gasteiger partial charge in [0.05, 0.1) is 0 Å². The summed E-state index contributed by atoms with van der Waals surface area (Å²) in [6, 6.07) is 67.9. The first-order chi connectivity index (χ1) is 29.8. The van der Waals surface area contributed by atoms with Gasteiger partial charge in [-0.25, -0.2) is 0 Å². The quantitative estimate of drug-likeness (QED) is 0.163.